The number of hydrogen-bond donors (Lipinski definition) is 2. The molecule has 23 heavy (non-hydrogen) atoms. The molecule has 1 aliphatic carbocycles. The highest BCUT2D eigenvalue weighted by Gasteiger charge is 2.39. The predicted molar refractivity (Wildman–Crippen MR) is 93.6 cm³/mol. The van der Waals surface area contributed by atoms with E-state index in [9.17, 15) is 0 Å². The molecule has 0 bridgehead atoms. The first-order valence-corrected chi connectivity index (χ1v) is 8.77. The van der Waals surface area contributed by atoms with Gasteiger partial charge >= 0.3 is 0 Å². The van der Waals surface area contributed by atoms with E-state index in [1.807, 2.05) is 7.05 Å². The number of guanidine groups is 1. The Bertz CT molecular complexity index is 509. The summed E-state index contributed by atoms with van der Waals surface area (Å²) >= 11 is 0. The van der Waals surface area contributed by atoms with Gasteiger partial charge in [0.1, 0.15) is 5.82 Å². The second-order valence-corrected chi connectivity index (χ2v) is 6.72. The van der Waals surface area contributed by atoms with Crippen LogP contribution in [-0.2, 0) is 0 Å². The Labute approximate surface area is 138 Å². The van der Waals surface area contributed by atoms with Crippen LogP contribution in [0.15, 0.2) is 23.6 Å². The Morgan fingerprint density at radius 2 is 2.09 bits per heavy atom. The second-order valence-electron chi connectivity index (χ2n) is 6.72. The Morgan fingerprint density at radius 1 is 1.22 bits per heavy atom. The van der Waals surface area contributed by atoms with Gasteiger partial charge in [0.2, 0.25) is 0 Å². The summed E-state index contributed by atoms with van der Waals surface area (Å²) in [6.07, 6.45) is 13.5. The van der Waals surface area contributed by atoms with E-state index in [0.717, 1.165) is 31.4 Å². The molecule has 1 aromatic rings. The second kappa shape index (κ2) is 7.62. The number of rotatable bonds is 4. The number of anilines is 1. The lowest BCUT2D eigenvalue weighted by atomic mass is 9.73. The average Bonchev–Trinajstić information content (AvgIpc) is 3.00. The summed E-state index contributed by atoms with van der Waals surface area (Å²) in [6.45, 7) is 3.94. The lowest BCUT2D eigenvalue weighted by Crippen LogP contribution is -2.43. The summed E-state index contributed by atoms with van der Waals surface area (Å²) in [6, 6.07) is 0. The molecule has 1 saturated heterocycles. The van der Waals surface area contributed by atoms with Crippen LogP contribution in [0, 0.1) is 5.41 Å². The van der Waals surface area contributed by atoms with E-state index in [-0.39, 0.29) is 0 Å². The SMILES string of the molecule is CN=C(NCCNc1cnccn1)N1CCC2(CCCCC2)C1. The van der Waals surface area contributed by atoms with Gasteiger partial charge in [-0.05, 0) is 24.7 Å². The van der Waals surface area contributed by atoms with Gasteiger partial charge in [0.15, 0.2) is 5.96 Å². The number of nitrogens with zero attached hydrogens (tertiary/aromatic N) is 4. The number of aliphatic imine (C=N–C) groups is 1. The van der Waals surface area contributed by atoms with Gasteiger partial charge in [0.05, 0.1) is 6.20 Å². The lowest BCUT2D eigenvalue weighted by Gasteiger charge is -2.33. The molecule has 2 fully saturated rings. The molecule has 1 aromatic heterocycles. The Hall–Kier alpha value is -1.85. The minimum atomic E-state index is 0.563. The third-order valence-corrected chi connectivity index (χ3v) is 5.14. The van der Waals surface area contributed by atoms with Crippen molar-refractivity contribution in [1.82, 2.24) is 20.2 Å². The number of hydrogen-bond acceptors (Lipinski definition) is 4. The van der Waals surface area contributed by atoms with Gasteiger partial charge in [-0.3, -0.25) is 9.98 Å². The van der Waals surface area contributed by atoms with Crippen LogP contribution in [0.1, 0.15) is 38.5 Å². The van der Waals surface area contributed by atoms with Crippen molar-refractivity contribution in [2.24, 2.45) is 10.4 Å². The zero-order valence-corrected chi connectivity index (χ0v) is 14.1. The van der Waals surface area contributed by atoms with Gasteiger partial charge in [0, 0.05) is 45.6 Å². The summed E-state index contributed by atoms with van der Waals surface area (Å²) in [5.74, 6) is 1.85. The van der Waals surface area contributed by atoms with E-state index in [1.54, 1.807) is 18.6 Å². The van der Waals surface area contributed by atoms with Gasteiger partial charge in [-0.1, -0.05) is 19.3 Å². The van der Waals surface area contributed by atoms with Crippen molar-refractivity contribution in [1.29, 1.82) is 0 Å². The molecule has 0 amide bonds. The molecule has 1 spiro atoms. The molecule has 1 saturated carbocycles. The van der Waals surface area contributed by atoms with Crippen molar-refractivity contribution in [2.45, 2.75) is 38.5 Å². The van der Waals surface area contributed by atoms with Crippen LogP contribution in [0.4, 0.5) is 5.82 Å². The van der Waals surface area contributed by atoms with Crippen molar-refractivity contribution in [3.05, 3.63) is 18.6 Å². The van der Waals surface area contributed by atoms with E-state index in [1.165, 1.54) is 45.1 Å². The predicted octanol–water partition coefficient (Wildman–Crippen LogP) is 2.12. The van der Waals surface area contributed by atoms with Crippen LogP contribution in [0.5, 0.6) is 0 Å². The number of aromatic nitrogens is 2. The molecule has 6 heteroatoms. The topological polar surface area (TPSA) is 65.4 Å². The van der Waals surface area contributed by atoms with Crippen LogP contribution in [0.3, 0.4) is 0 Å². The van der Waals surface area contributed by atoms with E-state index >= 15 is 0 Å². The normalized spacial score (nSPS) is 20.7. The molecule has 1 aliphatic heterocycles. The van der Waals surface area contributed by atoms with Gasteiger partial charge in [0.25, 0.3) is 0 Å². The maximum atomic E-state index is 4.47. The number of likely N-dealkylation sites (tertiary alicyclic amines) is 1. The van der Waals surface area contributed by atoms with E-state index < -0.39 is 0 Å². The van der Waals surface area contributed by atoms with E-state index in [2.05, 4.69) is 30.5 Å². The van der Waals surface area contributed by atoms with Crippen molar-refractivity contribution < 1.29 is 0 Å². The van der Waals surface area contributed by atoms with Gasteiger partial charge in [-0.25, -0.2) is 4.98 Å². The molecule has 2 N–H and O–H groups in total. The molecular formula is C17H28N6. The fourth-order valence-corrected chi connectivity index (χ4v) is 3.91. The molecule has 3 rings (SSSR count). The third kappa shape index (κ3) is 4.12. The van der Waals surface area contributed by atoms with Gasteiger partial charge in [-0.2, -0.15) is 0 Å². The molecule has 126 valence electrons. The van der Waals surface area contributed by atoms with Crippen LogP contribution in [0.2, 0.25) is 0 Å². The molecule has 6 nitrogen and oxygen atoms in total. The third-order valence-electron chi connectivity index (χ3n) is 5.14. The minimum Gasteiger partial charge on any atom is -0.367 e. The zero-order valence-electron chi connectivity index (χ0n) is 14.1. The minimum absolute atomic E-state index is 0.563. The van der Waals surface area contributed by atoms with Crippen LogP contribution in [0.25, 0.3) is 0 Å². The summed E-state index contributed by atoms with van der Waals surface area (Å²) in [4.78, 5) is 15.2. The highest BCUT2D eigenvalue weighted by Crippen LogP contribution is 2.43. The summed E-state index contributed by atoms with van der Waals surface area (Å²) < 4.78 is 0. The van der Waals surface area contributed by atoms with Crippen LogP contribution < -0.4 is 10.6 Å². The maximum absolute atomic E-state index is 4.47. The van der Waals surface area contributed by atoms with Crippen molar-refractivity contribution in [3.63, 3.8) is 0 Å². The van der Waals surface area contributed by atoms with Crippen LogP contribution >= 0.6 is 0 Å². The molecule has 0 atom stereocenters. The van der Waals surface area contributed by atoms with Crippen molar-refractivity contribution in [3.8, 4) is 0 Å². The molecule has 0 aromatic carbocycles. The first-order chi connectivity index (χ1) is 11.3. The summed E-state index contributed by atoms with van der Waals surface area (Å²) in [5.41, 5.74) is 0.563. The van der Waals surface area contributed by atoms with E-state index in [4.69, 9.17) is 0 Å². The van der Waals surface area contributed by atoms with Gasteiger partial charge < -0.3 is 15.5 Å². The Kier molecular flexibility index (Phi) is 5.31. The first-order valence-electron chi connectivity index (χ1n) is 8.77. The fraction of sp³-hybridized carbons (Fsp3) is 0.706. The first kappa shape index (κ1) is 16.0. The highest BCUT2D eigenvalue weighted by molar-refractivity contribution is 5.80. The lowest BCUT2D eigenvalue weighted by molar-refractivity contribution is 0.203. The van der Waals surface area contributed by atoms with Crippen molar-refractivity contribution >= 4 is 11.8 Å². The fourth-order valence-electron chi connectivity index (χ4n) is 3.91. The molecule has 0 radical (unpaired) electrons. The summed E-state index contributed by atoms with van der Waals surface area (Å²) in [5, 5.41) is 6.73. The van der Waals surface area contributed by atoms with Crippen molar-refractivity contribution in [2.75, 3.05) is 38.5 Å². The quantitative estimate of drug-likeness (QED) is 0.506. The zero-order chi connectivity index (χ0) is 16.0. The van der Waals surface area contributed by atoms with Gasteiger partial charge in [-0.15, -0.1) is 0 Å². The Balaban J connectivity index is 1.43. The average molecular weight is 316 g/mol. The molecule has 0 unspecified atom stereocenters. The van der Waals surface area contributed by atoms with Crippen LogP contribution in [-0.4, -0.2) is 54.1 Å². The number of nitrogens with one attached hydrogen (secondary N) is 2. The summed E-state index contributed by atoms with van der Waals surface area (Å²) in [7, 11) is 1.88. The monoisotopic (exact) mass is 316 g/mol. The maximum Gasteiger partial charge on any atom is 0.193 e. The highest BCUT2D eigenvalue weighted by atomic mass is 15.3. The molecule has 2 heterocycles. The standard InChI is InChI=1S/C17H28N6/c1-18-16(22-11-10-21-15-13-19-8-9-20-15)23-12-7-17(14-23)5-3-2-4-6-17/h8-9,13H,2-7,10-12,14H2,1H3,(H,18,22)(H,20,21). The Morgan fingerprint density at radius 3 is 2.83 bits per heavy atom. The van der Waals surface area contributed by atoms with E-state index in [0.29, 0.717) is 5.41 Å². The largest absolute Gasteiger partial charge is 0.367 e. The molecular weight excluding hydrogens is 288 g/mol. The molecule has 2 aliphatic rings. The smallest absolute Gasteiger partial charge is 0.193 e.